The maximum absolute atomic E-state index is 13.2. The van der Waals surface area contributed by atoms with Crippen LogP contribution in [-0.2, 0) is 16.0 Å². The minimum Gasteiger partial charge on any atom is -0.365 e. The van der Waals surface area contributed by atoms with E-state index in [1.165, 1.54) is 4.90 Å². The monoisotopic (exact) mass is 495 g/mol. The Hall–Kier alpha value is -1.98. The maximum Gasteiger partial charge on any atom is 0.262 e. The number of amides is 2. The summed E-state index contributed by atoms with van der Waals surface area (Å²) in [5.41, 5.74) is 6.38. The van der Waals surface area contributed by atoms with Crippen LogP contribution in [0.5, 0.6) is 0 Å². The molecule has 0 spiro atoms. The molecule has 0 radical (unpaired) electrons. The molecule has 0 saturated carbocycles. The molecule has 1 aliphatic heterocycles. The molecule has 2 aromatic carbocycles. The van der Waals surface area contributed by atoms with E-state index in [2.05, 4.69) is 15.9 Å². The Morgan fingerprint density at radius 3 is 2.50 bits per heavy atom. The van der Waals surface area contributed by atoms with E-state index in [1.807, 2.05) is 6.07 Å². The van der Waals surface area contributed by atoms with Gasteiger partial charge < -0.3 is 5.73 Å². The molecule has 1 fully saturated rings. The summed E-state index contributed by atoms with van der Waals surface area (Å²) in [6.45, 7) is 0. The van der Waals surface area contributed by atoms with E-state index >= 15 is 0 Å². The fourth-order valence-electron chi connectivity index (χ4n) is 2.71. The molecule has 1 aliphatic rings. The van der Waals surface area contributed by atoms with Gasteiger partial charge in [0.2, 0.25) is 5.91 Å². The van der Waals surface area contributed by atoms with Crippen LogP contribution in [-0.4, -0.2) is 17.1 Å². The summed E-state index contributed by atoms with van der Waals surface area (Å²) < 4.78 is 0.834. The number of hydrogen-bond acceptors (Lipinski definition) is 4. The number of hydrogen-bond donors (Lipinski definition) is 1. The van der Waals surface area contributed by atoms with Gasteiger partial charge in [0.1, 0.15) is 16.7 Å². The number of benzene rings is 2. The minimum atomic E-state index is -0.884. The lowest BCUT2D eigenvalue weighted by Crippen LogP contribution is -2.31. The van der Waals surface area contributed by atoms with Crippen LogP contribution in [0, 0.1) is 11.3 Å². The third kappa shape index (κ3) is 4.20. The number of carbonyl (C=O) groups is 2. The second-order valence-corrected chi connectivity index (χ2v) is 8.80. The highest BCUT2D eigenvalue weighted by molar-refractivity contribution is 9.10. The third-order valence-corrected chi connectivity index (χ3v) is 6.41. The molecule has 1 heterocycles. The molecule has 0 aliphatic carbocycles. The van der Waals surface area contributed by atoms with Crippen LogP contribution in [0.3, 0.4) is 0 Å². The van der Waals surface area contributed by atoms with Gasteiger partial charge in [0.15, 0.2) is 0 Å². The molecule has 5 nitrogen and oxygen atoms in total. The molecule has 1 saturated heterocycles. The van der Waals surface area contributed by atoms with Gasteiger partial charge in [-0.25, -0.2) is 0 Å². The normalized spacial score (nSPS) is 18.1. The predicted octanol–water partition coefficient (Wildman–Crippen LogP) is 4.67. The molecule has 0 aromatic heterocycles. The van der Waals surface area contributed by atoms with Crippen molar-refractivity contribution in [3.05, 3.63) is 73.1 Å². The van der Waals surface area contributed by atoms with Crippen molar-refractivity contribution in [2.45, 2.75) is 11.7 Å². The zero-order valence-corrected chi connectivity index (χ0v) is 18.1. The second-order valence-electron chi connectivity index (χ2n) is 5.85. The van der Waals surface area contributed by atoms with Crippen molar-refractivity contribution in [2.24, 2.45) is 5.73 Å². The number of nitrogens with two attached hydrogens (primary N) is 1. The lowest BCUT2D eigenvalue weighted by molar-refractivity contribution is -0.117. The van der Waals surface area contributed by atoms with Crippen molar-refractivity contribution in [1.29, 1.82) is 5.26 Å². The summed E-state index contributed by atoms with van der Waals surface area (Å²) in [7, 11) is 0. The fraction of sp³-hybridized carbons (Fsp3) is 0.105. The average Bonchev–Trinajstić information content (AvgIpc) is 2.95. The average molecular weight is 497 g/mol. The molecule has 28 heavy (non-hydrogen) atoms. The molecule has 1 unspecified atom stereocenters. The van der Waals surface area contributed by atoms with E-state index in [0.717, 1.165) is 21.8 Å². The Kier molecular flexibility index (Phi) is 6.36. The van der Waals surface area contributed by atoms with Crippen LogP contribution in [0.15, 0.2) is 57.5 Å². The highest BCUT2D eigenvalue weighted by Crippen LogP contribution is 2.42. The quantitative estimate of drug-likeness (QED) is 0.492. The van der Waals surface area contributed by atoms with Crippen molar-refractivity contribution < 1.29 is 9.59 Å². The van der Waals surface area contributed by atoms with Crippen LogP contribution in [0.25, 0.3) is 0 Å². The van der Waals surface area contributed by atoms with Crippen LogP contribution < -0.4 is 10.6 Å². The Bertz CT molecular complexity index is 1030. The largest absolute Gasteiger partial charge is 0.365 e. The van der Waals surface area contributed by atoms with Gasteiger partial charge in [0.05, 0.1) is 5.25 Å². The summed E-state index contributed by atoms with van der Waals surface area (Å²) >= 11 is 16.6. The molecule has 142 valence electrons. The Morgan fingerprint density at radius 1 is 1.25 bits per heavy atom. The van der Waals surface area contributed by atoms with E-state index in [-0.39, 0.29) is 16.5 Å². The first-order chi connectivity index (χ1) is 13.3. The molecule has 0 bridgehead atoms. The highest BCUT2D eigenvalue weighted by atomic mass is 79.9. The van der Waals surface area contributed by atoms with Gasteiger partial charge in [0.25, 0.3) is 5.91 Å². The molecule has 1 atom stereocenters. The summed E-state index contributed by atoms with van der Waals surface area (Å²) in [4.78, 5) is 26.3. The number of halogens is 3. The zero-order valence-electron chi connectivity index (χ0n) is 14.2. The van der Waals surface area contributed by atoms with Crippen LogP contribution in [0.4, 0.5) is 5.69 Å². The number of nitrogens with zero attached hydrogens (tertiary/aromatic N) is 2. The van der Waals surface area contributed by atoms with Gasteiger partial charge >= 0.3 is 0 Å². The van der Waals surface area contributed by atoms with Crippen LogP contribution in [0.1, 0.15) is 5.56 Å². The maximum atomic E-state index is 13.2. The number of carbonyl (C=O) groups excluding carboxylic acids is 2. The number of thioether (sulfide) groups is 1. The zero-order chi connectivity index (χ0) is 20.4. The molecule has 2 aromatic rings. The van der Waals surface area contributed by atoms with Gasteiger partial charge in [-0.05, 0) is 48.4 Å². The highest BCUT2D eigenvalue weighted by Gasteiger charge is 2.40. The lowest BCUT2D eigenvalue weighted by Gasteiger charge is -2.18. The lowest BCUT2D eigenvalue weighted by atomic mass is 10.1. The Morgan fingerprint density at radius 2 is 1.93 bits per heavy atom. The van der Waals surface area contributed by atoms with Crippen molar-refractivity contribution in [2.75, 3.05) is 4.90 Å². The topological polar surface area (TPSA) is 87.2 Å². The van der Waals surface area contributed by atoms with Gasteiger partial charge in [-0.2, -0.15) is 5.26 Å². The first-order valence-corrected chi connectivity index (χ1v) is 10.4. The number of nitriles is 1. The number of primary amides is 1. The molecule has 2 amide bonds. The first-order valence-electron chi connectivity index (χ1n) is 7.96. The smallest absolute Gasteiger partial charge is 0.262 e. The van der Waals surface area contributed by atoms with E-state index in [9.17, 15) is 14.9 Å². The van der Waals surface area contributed by atoms with E-state index < -0.39 is 11.2 Å². The van der Waals surface area contributed by atoms with Crippen LogP contribution in [0.2, 0.25) is 10.0 Å². The summed E-state index contributed by atoms with van der Waals surface area (Å²) in [5.74, 6) is -1.15. The van der Waals surface area contributed by atoms with Crippen molar-refractivity contribution in [3.63, 3.8) is 0 Å². The standard InChI is InChI=1S/C19H12BrCl2N3O2S/c20-11-2-5-13(6-3-11)25-18(27)16(28-19(25)14(9-23)17(24)26)7-10-1-4-12(21)8-15(10)22/h1-6,8,16H,7H2,(H2,24,26)/b19-14-. The minimum absolute atomic E-state index is 0.220. The molecular formula is C19H12BrCl2N3O2S. The van der Waals surface area contributed by atoms with Gasteiger partial charge in [0, 0.05) is 20.2 Å². The summed E-state index contributed by atoms with van der Waals surface area (Å²) in [6, 6.07) is 13.8. The fourth-order valence-corrected chi connectivity index (χ4v) is 4.77. The number of anilines is 1. The Balaban J connectivity index is 2.04. The Labute approximate surface area is 184 Å². The predicted molar refractivity (Wildman–Crippen MR) is 115 cm³/mol. The molecule has 3 rings (SSSR count). The molecule has 2 N–H and O–H groups in total. The van der Waals surface area contributed by atoms with Crippen molar-refractivity contribution in [3.8, 4) is 6.07 Å². The number of rotatable bonds is 4. The van der Waals surface area contributed by atoms with Gasteiger partial charge in [-0.1, -0.05) is 57.0 Å². The van der Waals surface area contributed by atoms with Gasteiger partial charge in [-0.3, -0.25) is 14.5 Å². The van der Waals surface area contributed by atoms with Gasteiger partial charge in [-0.15, -0.1) is 0 Å². The third-order valence-electron chi connectivity index (χ3n) is 4.03. The van der Waals surface area contributed by atoms with Crippen LogP contribution >= 0.6 is 50.9 Å². The van der Waals surface area contributed by atoms with E-state index in [1.54, 1.807) is 42.5 Å². The molecule has 9 heteroatoms. The summed E-state index contributed by atoms with van der Waals surface area (Å²) in [6.07, 6.45) is 0.313. The first kappa shape index (κ1) is 20.7. The van der Waals surface area contributed by atoms with E-state index in [0.29, 0.717) is 22.2 Å². The molecular weight excluding hydrogens is 485 g/mol. The van der Waals surface area contributed by atoms with E-state index in [4.69, 9.17) is 28.9 Å². The van der Waals surface area contributed by atoms with Crippen molar-refractivity contribution in [1.82, 2.24) is 0 Å². The second kappa shape index (κ2) is 8.58. The summed E-state index contributed by atoms with van der Waals surface area (Å²) in [5, 5.41) is 9.99. The SMILES string of the molecule is N#C/C(C(N)=O)=C1/SC(Cc2ccc(Cl)cc2Cl)C(=O)N1c1ccc(Br)cc1. The van der Waals surface area contributed by atoms with Crippen molar-refractivity contribution >= 4 is 68.4 Å².